The van der Waals surface area contributed by atoms with Gasteiger partial charge in [0.2, 0.25) is 5.09 Å². The molecule has 4 rings (SSSR count). The molecular formula is C18H24N4O5S. The summed E-state index contributed by atoms with van der Waals surface area (Å²) in [6.45, 7) is 2.49. The van der Waals surface area contributed by atoms with E-state index in [9.17, 15) is 13.2 Å². The highest BCUT2D eigenvalue weighted by Crippen LogP contribution is 2.29. The van der Waals surface area contributed by atoms with Crippen LogP contribution in [-0.4, -0.2) is 72.7 Å². The molecule has 4 heterocycles. The molecule has 152 valence electrons. The lowest BCUT2D eigenvalue weighted by atomic mass is 9.91. The van der Waals surface area contributed by atoms with E-state index in [-0.39, 0.29) is 29.8 Å². The smallest absolute Gasteiger partial charge is 0.289 e. The molecule has 0 saturated carbocycles. The van der Waals surface area contributed by atoms with Crippen LogP contribution in [0.4, 0.5) is 0 Å². The molecule has 2 saturated heterocycles. The Balaban J connectivity index is 1.41. The summed E-state index contributed by atoms with van der Waals surface area (Å²) in [5.41, 5.74) is 1.19. The number of sulfonamides is 1. The summed E-state index contributed by atoms with van der Waals surface area (Å²) < 4.78 is 39.0. The Hall–Kier alpha value is -2.17. The van der Waals surface area contributed by atoms with Gasteiger partial charge in [0.15, 0.2) is 5.76 Å². The number of carbonyl (C=O) groups excluding carboxylic acids is 1. The average Bonchev–Trinajstić information content (AvgIpc) is 3.38. The monoisotopic (exact) mass is 408 g/mol. The van der Waals surface area contributed by atoms with E-state index in [4.69, 9.17) is 9.15 Å². The van der Waals surface area contributed by atoms with Gasteiger partial charge in [0, 0.05) is 39.4 Å². The predicted molar refractivity (Wildman–Crippen MR) is 99.4 cm³/mol. The van der Waals surface area contributed by atoms with Crippen molar-refractivity contribution in [3.05, 3.63) is 35.9 Å². The third kappa shape index (κ3) is 3.71. The van der Waals surface area contributed by atoms with Gasteiger partial charge in [0.1, 0.15) is 0 Å². The zero-order chi connectivity index (χ0) is 19.7. The highest BCUT2D eigenvalue weighted by atomic mass is 32.2. The Morgan fingerprint density at radius 1 is 1.14 bits per heavy atom. The summed E-state index contributed by atoms with van der Waals surface area (Å²) in [7, 11) is -1.85. The van der Waals surface area contributed by atoms with Crippen LogP contribution >= 0.6 is 0 Å². The molecule has 28 heavy (non-hydrogen) atoms. The molecule has 2 aliphatic rings. The standard InChI is InChI=1S/C18H24N4O5S/c1-20-13-15(12-19-20)14-4-6-21(7-5-14)18(23)16-2-3-17(27-16)28(24,25)22-8-10-26-11-9-22/h2-3,12-14H,4-11H2,1H3. The highest BCUT2D eigenvalue weighted by Gasteiger charge is 2.32. The van der Waals surface area contributed by atoms with Gasteiger partial charge in [0.05, 0.1) is 19.4 Å². The number of amides is 1. The number of aromatic nitrogens is 2. The van der Waals surface area contributed by atoms with Crippen LogP contribution in [0.1, 0.15) is 34.9 Å². The number of ether oxygens (including phenoxy) is 1. The number of aryl methyl sites for hydroxylation is 1. The van der Waals surface area contributed by atoms with Gasteiger partial charge >= 0.3 is 0 Å². The van der Waals surface area contributed by atoms with Crippen molar-refractivity contribution >= 4 is 15.9 Å². The van der Waals surface area contributed by atoms with Crippen molar-refractivity contribution in [2.75, 3.05) is 39.4 Å². The Morgan fingerprint density at radius 2 is 1.86 bits per heavy atom. The van der Waals surface area contributed by atoms with Gasteiger partial charge in [-0.3, -0.25) is 9.48 Å². The topological polar surface area (TPSA) is 97.9 Å². The summed E-state index contributed by atoms with van der Waals surface area (Å²) in [6, 6.07) is 2.81. The van der Waals surface area contributed by atoms with Gasteiger partial charge in [-0.1, -0.05) is 0 Å². The van der Waals surface area contributed by atoms with Crippen LogP contribution in [0, 0.1) is 0 Å². The Bertz CT molecular complexity index is 937. The van der Waals surface area contributed by atoms with Gasteiger partial charge in [-0.25, -0.2) is 8.42 Å². The second-order valence-corrected chi connectivity index (χ2v) is 9.02. The third-order valence-corrected chi connectivity index (χ3v) is 7.11. The zero-order valence-electron chi connectivity index (χ0n) is 15.8. The summed E-state index contributed by atoms with van der Waals surface area (Å²) in [4.78, 5) is 14.5. The molecule has 0 aromatic carbocycles. The molecule has 2 aliphatic heterocycles. The van der Waals surface area contributed by atoms with Crippen LogP contribution in [0.2, 0.25) is 0 Å². The maximum atomic E-state index is 12.8. The molecule has 0 spiro atoms. The van der Waals surface area contributed by atoms with Gasteiger partial charge in [-0.05, 0) is 36.5 Å². The van der Waals surface area contributed by atoms with E-state index in [0.29, 0.717) is 32.2 Å². The number of carbonyl (C=O) groups is 1. The van der Waals surface area contributed by atoms with Crippen molar-refractivity contribution < 1.29 is 22.4 Å². The lowest BCUT2D eigenvalue weighted by molar-refractivity contribution is 0.0668. The number of piperidine rings is 1. The van der Waals surface area contributed by atoms with Crippen LogP contribution in [0.25, 0.3) is 0 Å². The van der Waals surface area contributed by atoms with Crippen molar-refractivity contribution in [1.82, 2.24) is 19.0 Å². The molecule has 0 unspecified atom stereocenters. The predicted octanol–water partition coefficient (Wildman–Crippen LogP) is 1.05. The maximum absolute atomic E-state index is 12.8. The minimum atomic E-state index is -3.74. The first-order valence-corrected chi connectivity index (χ1v) is 10.8. The molecule has 2 fully saturated rings. The van der Waals surface area contributed by atoms with Crippen molar-refractivity contribution in [3.63, 3.8) is 0 Å². The SMILES string of the molecule is Cn1cc(C2CCN(C(=O)c3ccc(S(=O)(=O)N4CCOCC4)o3)CC2)cn1. The van der Waals surface area contributed by atoms with Crippen LogP contribution in [-0.2, 0) is 21.8 Å². The first-order valence-electron chi connectivity index (χ1n) is 9.41. The largest absolute Gasteiger partial charge is 0.438 e. The van der Waals surface area contributed by atoms with Gasteiger partial charge in [-0.2, -0.15) is 9.40 Å². The van der Waals surface area contributed by atoms with Crippen molar-refractivity contribution in [3.8, 4) is 0 Å². The van der Waals surface area contributed by atoms with Crippen molar-refractivity contribution in [2.24, 2.45) is 7.05 Å². The lowest BCUT2D eigenvalue weighted by Crippen LogP contribution is -2.40. The van der Waals surface area contributed by atoms with E-state index in [1.807, 2.05) is 19.4 Å². The molecule has 0 bridgehead atoms. The lowest BCUT2D eigenvalue weighted by Gasteiger charge is -2.31. The van der Waals surface area contributed by atoms with Gasteiger partial charge in [-0.15, -0.1) is 0 Å². The number of hydrogen-bond donors (Lipinski definition) is 0. The van der Waals surface area contributed by atoms with Crippen LogP contribution in [0.3, 0.4) is 0 Å². The summed E-state index contributed by atoms with van der Waals surface area (Å²) in [5.74, 6) is 0.173. The number of nitrogens with zero attached hydrogens (tertiary/aromatic N) is 4. The maximum Gasteiger partial charge on any atom is 0.289 e. The van der Waals surface area contributed by atoms with Crippen molar-refractivity contribution in [1.29, 1.82) is 0 Å². The molecule has 0 radical (unpaired) electrons. The number of rotatable bonds is 4. The van der Waals surface area contributed by atoms with E-state index in [1.165, 1.54) is 22.0 Å². The molecule has 0 atom stereocenters. The fraction of sp³-hybridized carbons (Fsp3) is 0.556. The molecular weight excluding hydrogens is 384 g/mol. The van der Waals surface area contributed by atoms with E-state index < -0.39 is 10.0 Å². The second-order valence-electron chi connectivity index (χ2n) is 7.15. The molecule has 1 amide bonds. The number of morpholine rings is 1. The van der Waals surface area contributed by atoms with Gasteiger partial charge in [0.25, 0.3) is 15.9 Å². The number of hydrogen-bond acceptors (Lipinski definition) is 6. The summed E-state index contributed by atoms with van der Waals surface area (Å²) in [6.07, 6.45) is 5.57. The first kappa shape index (κ1) is 19.2. The fourth-order valence-electron chi connectivity index (χ4n) is 3.71. The molecule has 2 aromatic rings. The van der Waals surface area contributed by atoms with E-state index in [0.717, 1.165) is 12.8 Å². The summed E-state index contributed by atoms with van der Waals surface area (Å²) >= 11 is 0. The molecule has 0 aliphatic carbocycles. The van der Waals surface area contributed by atoms with Crippen LogP contribution in [0.5, 0.6) is 0 Å². The molecule has 10 heteroatoms. The van der Waals surface area contributed by atoms with Crippen LogP contribution < -0.4 is 0 Å². The Labute approximate surface area is 163 Å². The minimum Gasteiger partial charge on any atom is -0.438 e. The fourth-order valence-corrected chi connectivity index (χ4v) is 5.03. The van der Waals surface area contributed by atoms with Crippen molar-refractivity contribution in [2.45, 2.75) is 23.9 Å². The number of furan rings is 1. The zero-order valence-corrected chi connectivity index (χ0v) is 16.6. The summed E-state index contributed by atoms with van der Waals surface area (Å²) in [5, 5.41) is 4.02. The molecule has 2 aromatic heterocycles. The number of likely N-dealkylation sites (tertiary alicyclic amines) is 1. The minimum absolute atomic E-state index is 0.0617. The normalized spacial score (nSPS) is 19.8. The molecule has 9 nitrogen and oxygen atoms in total. The first-order chi connectivity index (χ1) is 13.4. The Kier molecular flexibility index (Phi) is 5.26. The second kappa shape index (κ2) is 7.69. The molecule has 0 N–H and O–H groups in total. The van der Waals surface area contributed by atoms with Gasteiger partial charge < -0.3 is 14.1 Å². The van der Waals surface area contributed by atoms with E-state index in [1.54, 1.807) is 9.58 Å². The quantitative estimate of drug-likeness (QED) is 0.750. The van der Waals surface area contributed by atoms with E-state index >= 15 is 0 Å². The highest BCUT2D eigenvalue weighted by molar-refractivity contribution is 7.89. The Morgan fingerprint density at radius 3 is 2.50 bits per heavy atom. The van der Waals surface area contributed by atoms with E-state index in [2.05, 4.69) is 5.10 Å². The van der Waals surface area contributed by atoms with Crippen LogP contribution in [0.15, 0.2) is 34.0 Å². The average molecular weight is 408 g/mol. The third-order valence-electron chi connectivity index (χ3n) is 5.33.